The van der Waals surface area contributed by atoms with Gasteiger partial charge in [0.2, 0.25) is 11.2 Å². The van der Waals surface area contributed by atoms with E-state index in [1.54, 1.807) is 0 Å². The molecule has 0 amide bonds. The Morgan fingerprint density at radius 2 is 1.36 bits per heavy atom. The van der Waals surface area contributed by atoms with Crippen LogP contribution in [-0.2, 0) is 6.54 Å². The Morgan fingerprint density at radius 3 is 2.24 bits per heavy atom. The molecule has 2 aliphatic rings. The van der Waals surface area contributed by atoms with Gasteiger partial charge in [0.1, 0.15) is 6.54 Å². The lowest BCUT2D eigenvalue weighted by atomic mass is 10.1. The van der Waals surface area contributed by atoms with Gasteiger partial charge in [0.05, 0.1) is 11.2 Å². The van der Waals surface area contributed by atoms with Crippen LogP contribution in [0.3, 0.4) is 0 Å². The summed E-state index contributed by atoms with van der Waals surface area (Å²) in [6.07, 6.45) is 21.3. The second-order valence-corrected chi connectivity index (χ2v) is 12.1. The van der Waals surface area contributed by atoms with Crippen LogP contribution < -0.4 is 14.8 Å². The van der Waals surface area contributed by atoms with E-state index in [1.165, 1.54) is 39.1 Å². The molecule has 0 saturated carbocycles. The number of fused-ring (bicyclic) bond motifs is 4. The zero-order valence-corrected chi connectivity index (χ0v) is 28.6. The predicted molar refractivity (Wildman–Crippen MR) is 213 cm³/mol. The Kier molecular flexibility index (Phi) is 9.89. The molecule has 0 unspecified atom stereocenters. The van der Waals surface area contributed by atoms with Crippen LogP contribution in [-0.4, -0.2) is 11.5 Å². The van der Waals surface area contributed by atoms with Gasteiger partial charge in [-0.2, -0.15) is 4.57 Å². The minimum Gasteiger partial charge on any atom is -0.355 e. The van der Waals surface area contributed by atoms with Crippen molar-refractivity contribution in [2.24, 2.45) is 0 Å². The van der Waals surface area contributed by atoms with Crippen molar-refractivity contribution < 1.29 is 4.57 Å². The Labute approximate surface area is 295 Å². The topological polar surface area (TPSA) is 32.0 Å². The minimum atomic E-state index is 0.950. The molecule has 50 heavy (non-hydrogen) atoms. The molecule has 1 N–H and O–H groups in total. The lowest BCUT2D eigenvalue weighted by Crippen LogP contribution is -2.36. The molecular weight excluding hydrogens is 609 g/mol. The Bertz CT molecular complexity index is 2340. The fraction of sp³-hybridized carbons (Fsp3) is 0.0870. The molecule has 244 valence electrons. The number of nitrogens with zero attached hydrogens (tertiary/aromatic N) is 3. The smallest absolute Gasteiger partial charge is 0.212 e. The fourth-order valence-electron chi connectivity index (χ4n) is 6.45. The summed E-state index contributed by atoms with van der Waals surface area (Å²) in [4.78, 5) is 6.99. The molecule has 0 fully saturated rings. The number of allylic oxidation sites excluding steroid dienone is 6. The van der Waals surface area contributed by atoms with Gasteiger partial charge in [0.15, 0.2) is 0 Å². The largest absolute Gasteiger partial charge is 0.355 e. The van der Waals surface area contributed by atoms with Gasteiger partial charge in [0.25, 0.3) is 0 Å². The first-order chi connectivity index (χ1) is 24.7. The summed E-state index contributed by atoms with van der Waals surface area (Å²) in [7, 11) is 0. The van der Waals surface area contributed by atoms with Gasteiger partial charge in [0, 0.05) is 58.3 Å². The second kappa shape index (κ2) is 15.3. The zero-order valence-electron chi connectivity index (χ0n) is 28.6. The van der Waals surface area contributed by atoms with Crippen LogP contribution in [0, 0.1) is 0 Å². The highest BCUT2D eigenvalue weighted by atomic mass is 15.1. The number of pyridine rings is 2. The first-order valence-electron chi connectivity index (χ1n) is 17.3. The molecule has 0 spiro atoms. The lowest BCUT2D eigenvalue weighted by molar-refractivity contribution is -0.669. The zero-order chi connectivity index (χ0) is 34.1. The third-order valence-corrected chi connectivity index (χ3v) is 8.96. The van der Waals surface area contributed by atoms with E-state index >= 15 is 0 Å². The van der Waals surface area contributed by atoms with Crippen molar-refractivity contribution in [1.29, 1.82) is 0 Å². The van der Waals surface area contributed by atoms with Crippen LogP contribution in [0.25, 0.3) is 46.1 Å². The van der Waals surface area contributed by atoms with E-state index in [2.05, 4.69) is 167 Å². The monoisotopic (exact) mass is 649 g/mol. The van der Waals surface area contributed by atoms with Gasteiger partial charge in [-0.3, -0.25) is 0 Å². The van der Waals surface area contributed by atoms with Gasteiger partial charge in [-0.25, -0.2) is 4.98 Å². The van der Waals surface area contributed by atoms with Crippen LogP contribution in [0.1, 0.15) is 36.4 Å². The van der Waals surface area contributed by atoms with Crippen LogP contribution in [0.2, 0.25) is 0 Å². The van der Waals surface area contributed by atoms with Crippen molar-refractivity contribution in [2.75, 3.05) is 16.8 Å². The van der Waals surface area contributed by atoms with Crippen molar-refractivity contribution in [3.05, 3.63) is 192 Å². The van der Waals surface area contributed by atoms with Crippen LogP contribution in [0.5, 0.6) is 0 Å². The summed E-state index contributed by atoms with van der Waals surface area (Å²) in [5.41, 5.74) is 11.7. The van der Waals surface area contributed by atoms with Gasteiger partial charge < -0.3 is 10.2 Å². The molecule has 4 aromatic carbocycles. The maximum Gasteiger partial charge on any atom is 0.212 e. The maximum absolute atomic E-state index is 4.64. The summed E-state index contributed by atoms with van der Waals surface area (Å²) in [6, 6.07) is 42.1. The van der Waals surface area contributed by atoms with Crippen molar-refractivity contribution in [3.63, 3.8) is 0 Å². The molecule has 4 heteroatoms. The van der Waals surface area contributed by atoms with Gasteiger partial charge in [-0.05, 0) is 91.8 Å². The highest BCUT2D eigenvalue weighted by Crippen LogP contribution is 2.30. The minimum absolute atomic E-state index is 0.950. The molecule has 0 bridgehead atoms. The average molecular weight is 650 g/mol. The van der Waals surface area contributed by atoms with E-state index in [0.717, 1.165) is 41.1 Å². The van der Waals surface area contributed by atoms with Crippen LogP contribution in [0.15, 0.2) is 169 Å². The van der Waals surface area contributed by atoms with E-state index < -0.39 is 0 Å². The summed E-state index contributed by atoms with van der Waals surface area (Å²) in [5, 5.41) is 5.86. The number of anilines is 2. The lowest BCUT2D eigenvalue weighted by Gasteiger charge is -2.29. The summed E-state index contributed by atoms with van der Waals surface area (Å²) in [6.45, 7) is 6.29. The van der Waals surface area contributed by atoms with Crippen LogP contribution in [0.4, 0.5) is 11.4 Å². The third-order valence-electron chi connectivity index (χ3n) is 8.96. The molecule has 6 aromatic rings. The fourth-order valence-corrected chi connectivity index (χ4v) is 6.45. The summed E-state index contributed by atoms with van der Waals surface area (Å²) < 4.78 is 2.36. The second-order valence-electron chi connectivity index (χ2n) is 12.1. The SMILES string of the molecule is C(=Cc1ccc2ccccc2n1)C=C1C=Cc2ccccc2N1.CCN1C(=CC=Cc2ccc3ccccc3[n+]2CC)C=Cc2ccccc21. The number of aryl methyl sites for hydroxylation is 1. The van der Waals surface area contributed by atoms with Crippen molar-refractivity contribution in [1.82, 2.24) is 4.98 Å². The highest BCUT2D eigenvalue weighted by Gasteiger charge is 2.15. The normalized spacial score (nSPS) is 15.0. The van der Waals surface area contributed by atoms with E-state index in [-0.39, 0.29) is 0 Å². The molecule has 4 heterocycles. The van der Waals surface area contributed by atoms with Crippen LogP contribution >= 0.6 is 0 Å². The summed E-state index contributed by atoms with van der Waals surface area (Å²) >= 11 is 0. The third kappa shape index (κ3) is 7.25. The number of hydrogen-bond acceptors (Lipinski definition) is 3. The van der Waals surface area contributed by atoms with E-state index in [4.69, 9.17) is 0 Å². The van der Waals surface area contributed by atoms with Crippen molar-refractivity contribution >= 4 is 57.5 Å². The number of nitrogens with one attached hydrogen (secondary N) is 1. The molecular formula is C46H41N4+. The summed E-state index contributed by atoms with van der Waals surface area (Å²) in [5.74, 6) is 0. The standard InChI is InChI=1S/C25H25N2.C21H16N2/c1-3-26-22(18-16-20-10-5-7-14-24(20)26)12-9-13-23-19-17-21-11-6-8-15-25(21)27(23)4-2;1-3-10-20-16(6-1)12-14-18(22-20)8-5-9-19-15-13-17-7-2-4-11-21(17)23-19/h5-19H,3-4H2,1-2H3;1-15,22H/q+1;. The average Bonchev–Trinajstić information content (AvgIpc) is 3.17. The number of benzene rings is 4. The molecule has 2 aliphatic heterocycles. The first-order valence-corrected chi connectivity index (χ1v) is 17.3. The predicted octanol–water partition coefficient (Wildman–Crippen LogP) is 10.9. The number of rotatable bonds is 6. The van der Waals surface area contributed by atoms with Crippen molar-refractivity contribution in [2.45, 2.75) is 20.4 Å². The molecule has 0 radical (unpaired) electrons. The molecule has 8 rings (SSSR count). The highest BCUT2D eigenvalue weighted by molar-refractivity contribution is 5.80. The van der Waals surface area contributed by atoms with E-state index in [1.807, 2.05) is 48.6 Å². The van der Waals surface area contributed by atoms with Gasteiger partial charge in [-0.15, -0.1) is 0 Å². The Morgan fingerprint density at radius 1 is 0.640 bits per heavy atom. The van der Waals surface area contributed by atoms with Gasteiger partial charge >= 0.3 is 0 Å². The Balaban J connectivity index is 0.000000159. The molecule has 0 aliphatic carbocycles. The number of likely N-dealkylation sites (N-methyl/N-ethyl adjacent to an activating group) is 1. The molecule has 0 saturated heterocycles. The first kappa shape index (κ1) is 32.3. The number of aromatic nitrogens is 2. The number of para-hydroxylation sites is 4. The van der Waals surface area contributed by atoms with Gasteiger partial charge in [-0.1, -0.05) is 97.1 Å². The number of hydrogen-bond donors (Lipinski definition) is 1. The van der Waals surface area contributed by atoms with Crippen molar-refractivity contribution in [3.8, 4) is 0 Å². The maximum atomic E-state index is 4.64. The molecule has 2 aromatic heterocycles. The molecule has 0 atom stereocenters. The van der Waals surface area contributed by atoms with E-state index in [0.29, 0.717) is 0 Å². The molecule has 4 nitrogen and oxygen atoms in total. The Hall–Kier alpha value is -6.26. The van der Waals surface area contributed by atoms with E-state index in [9.17, 15) is 0 Å². The quantitative estimate of drug-likeness (QED) is 0.182.